The van der Waals surface area contributed by atoms with E-state index in [0.717, 1.165) is 18.4 Å². The third kappa shape index (κ3) is 4.25. The summed E-state index contributed by atoms with van der Waals surface area (Å²) < 4.78 is 16.0. The van der Waals surface area contributed by atoms with Gasteiger partial charge in [0.05, 0.1) is 18.3 Å². The largest absolute Gasteiger partial charge is 0.467 e. The quantitative estimate of drug-likeness (QED) is 0.708. The Bertz CT molecular complexity index is 976. The van der Waals surface area contributed by atoms with Gasteiger partial charge in [0.1, 0.15) is 6.61 Å². The molecule has 1 N–H and O–H groups in total. The number of amides is 1. The number of fused-ring (bicyclic) bond motifs is 1. The zero-order valence-electron chi connectivity index (χ0n) is 18.5. The van der Waals surface area contributed by atoms with Crippen LogP contribution < -0.4 is 5.32 Å². The minimum Gasteiger partial charge on any atom is -0.467 e. The van der Waals surface area contributed by atoms with Gasteiger partial charge in [0.2, 0.25) is 5.95 Å². The molecule has 1 amide bonds. The minimum atomic E-state index is -1.02. The van der Waals surface area contributed by atoms with Gasteiger partial charge in [-0.3, -0.25) is 4.90 Å². The fraction of sp³-hybridized carbons (Fsp3) is 0.478. The number of ether oxygens (including phenoxy) is 3. The molecule has 2 aliphatic rings. The molecule has 4 rings (SSSR count). The second-order valence-corrected chi connectivity index (χ2v) is 8.42. The number of benzene rings is 1. The second kappa shape index (κ2) is 9.12. The Kier molecular flexibility index (Phi) is 6.27. The number of esters is 1. The van der Waals surface area contributed by atoms with Crippen LogP contribution in [0.1, 0.15) is 49.6 Å². The van der Waals surface area contributed by atoms with Gasteiger partial charge in [-0.2, -0.15) is 0 Å². The second-order valence-electron chi connectivity index (χ2n) is 8.42. The molecule has 1 aromatic heterocycles. The lowest BCUT2D eigenvalue weighted by atomic mass is 9.97. The molecule has 1 unspecified atom stereocenters. The summed E-state index contributed by atoms with van der Waals surface area (Å²) in [7, 11) is 1.29. The summed E-state index contributed by atoms with van der Waals surface area (Å²) in [4.78, 5) is 36.4. The topological polar surface area (TPSA) is 103 Å². The van der Waals surface area contributed by atoms with E-state index in [-0.39, 0.29) is 12.6 Å². The summed E-state index contributed by atoms with van der Waals surface area (Å²) in [5, 5.41) is 3.32. The Hall–Kier alpha value is -3.20. The number of anilines is 1. The number of methoxy groups -OCH3 is 1. The van der Waals surface area contributed by atoms with Crippen LogP contribution in [-0.2, 0) is 31.2 Å². The maximum atomic E-state index is 13.2. The van der Waals surface area contributed by atoms with E-state index in [1.807, 2.05) is 44.2 Å². The fourth-order valence-electron chi connectivity index (χ4n) is 4.19. The number of hydrogen-bond donors (Lipinski definition) is 1. The van der Waals surface area contributed by atoms with Crippen molar-refractivity contribution in [3.63, 3.8) is 0 Å². The molecule has 0 saturated carbocycles. The molecule has 0 bridgehead atoms. The monoisotopic (exact) mass is 440 g/mol. The van der Waals surface area contributed by atoms with Crippen molar-refractivity contribution < 1.29 is 23.8 Å². The van der Waals surface area contributed by atoms with Crippen molar-refractivity contribution in [1.82, 2.24) is 14.9 Å². The Morgan fingerprint density at radius 1 is 1.22 bits per heavy atom. The van der Waals surface area contributed by atoms with Crippen molar-refractivity contribution in [2.75, 3.05) is 25.6 Å². The molecule has 32 heavy (non-hydrogen) atoms. The van der Waals surface area contributed by atoms with Crippen LogP contribution in [0.25, 0.3) is 0 Å². The van der Waals surface area contributed by atoms with E-state index in [0.29, 0.717) is 30.4 Å². The number of carbonyl (C=O) groups is 2. The molecular formula is C23H28N4O5. The van der Waals surface area contributed by atoms with Gasteiger partial charge < -0.3 is 19.5 Å². The highest BCUT2D eigenvalue weighted by Gasteiger charge is 2.53. The van der Waals surface area contributed by atoms with Crippen molar-refractivity contribution in [2.24, 2.45) is 0 Å². The van der Waals surface area contributed by atoms with Crippen LogP contribution in [0.3, 0.4) is 0 Å². The number of nitrogens with zero attached hydrogens (tertiary/aromatic N) is 3. The molecule has 1 aromatic carbocycles. The molecule has 0 aliphatic carbocycles. The Morgan fingerprint density at radius 2 is 1.94 bits per heavy atom. The van der Waals surface area contributed by atoms with Crippen molar-refractivity contribution in [2.45, 2.75) is 50.9 Å². The van der Waals surface area contributed by atoms with E-state index in [4.69, 9.17) is 14.2 Å². The molecule has 0 radical (unpaired) electrons. The maximum Gasteiger partial charge on any atom is 0.411 e. The van der Waals surface area contributed by atoms with Gasteiger partial charge in [-0.05, 0) is 32.3 Å². The van der Waals surface area contributed by atoms with Crippen molar-refractivity contribution in [3.8, 4) is 0 Å². The summed E-state index contributed by atoms with van der Waals surface area (Å²) in [5.41, 5.74) is 1.12. The molecule has 2 aromatic rings. The van der Waals surface area contributed by atoms with Crippen LogP contribution >= 0.6 is 0 Å². The van der Waals surface area contributed by atoms with Gasteiger partial charge in [0, 0.05) is 31.0 Å². The summed E-state index contributed by atoms with van der Waals surface area (Å²) >= 11 is 0. The van der Waals surface area contributed by atoms with Gasteiger partial charge in [-0.25, -0.2) is 19.6 Å². The molecular weight excluding hydrogens is 412 g/mol. The first-order valence-electron chi connectivity index (χ1n) is 10.7. The number of aromatic nitrogens is 2. The van der Waals surface area contributed by atoms with Crippen LogP contribution in [-0.4, -0.2) is 53.3 Å². The maximum absolute atomic E-state index is 13.2. The first-order valence-corrected chi connectivity index (χ1v) is 10.7. The van der Waals surface area contributed by atoms with E-state index >= 15 is 0 Å². The van der Waals surface area contributed by atoms with E-state index in [2.05, 4.69) is 15.3 Å². The average Bonchev–Trinajstić information content (AvgIpc) is 3.04. The van der Waals surface area contributed by atoms with Crippen LogP contribution in [0.15, 0.2) is 36.5 Å². The first-order chi connectivity index (χ1) is 15.4. The average molecular weight is 441 g/mol. The zero-order chi connectivity index (χ0) is 22.7. The molecule has 170 valence electrons. The minimum absolute atomic E-state index is 0.0960. The third-order valence-corrected chi connectivity index (χ3v) is 5.98. The van der Waals surface area contributed by atoms with Crippen LogP contribution in [0.2, 0.25) is 0 Å². The summed E-state index contributed by atoms with van der Waals surface area (Å²) in [6, 6.07) is 8.55. The lowest BCUT2D eigenvalue weighted by Crippen LogP contribution is -2.45. The molecule has 1 atom stereocenters. The lowest BCUT2D eigenvalue weighted by Gasteiger charge is -2.33. The molecule has 1 saturated heterocycles. The Morgan fingerprint density at radius 3 is 2.62 bits per heavy atom. The molecule has 9 heteroatoms. The van der Waals surface area contributed by atoms with Crippen molar-refractivity contribution >= 4 is 18.0 Å². The lowest BCUT2D eigenvalue weighted by molar-refractivity contribution is -0.148. The number of nitrogens with one attached hydrogen (secondary N) is 1. The van der Waals surface area contributed by atoms with E-state index in [9.17, 15) is 9.59 Å². The van der Waals surface area contributed by atoms with Crippen LogP contribution in [0, 0.1) is 0 Å². The highest BCUT2D eigenvalue weighted by molar-refractivity contribution is 5.85. The van der Waals surface area contributed by atoms with Gasteiger partial charge in [0.15, 0.2) is 6.04 Å². The van der Waals surface area contributed by atoms with Crippen LogP contribution in [0.4, 0.5) is 10.7 Å². The van der Waals surface area contributed by atoms with Gasteiger partial charge in [0.25, 0.3) is 0 Å². The smallest absolute Gasteiger partial charge is 0.411 e. The predicted molar refractivity (Wildman–Crippen MR) is 116 cm³/mol. The standard InChI is InChI=1S/C23H28N4O5/c1-23(2)17-13-24-21(25-16-9-11-31-12-10-16)26-18(17)19(20(28)30-3)27(23)22(29)32-14-15-7-5-4-6-8-15/h4-8,13,16,19H,9-12,14H2,1-3H3,(H,24,25,26). The number of hydrogen-bond acceptors (Lipinski definition) is 8. The highest BCUT2D eigenvalue weighted by atomic mass is 16.6. The SMILES string of the molecule is COC(=O)C1c2nc(NC3CCOCC3)ncc2C(C)(C)N1C(=O)OCc1ccccc1. The molecule has 1 fully saturated rings. The van der Waals surface area contributed by atoms with E-state index in [1.54, 1.807) is 6.20 Å². The van der Waals surface area contributed by atoms with Crippen LogP contribution in [0.5, 0.6) is 0 Å². The van der Waals surface area contributed by atoms with Crippen molar-refractivity contribution in [1.29, 1.82) is 0 Å². The van der Waals surface area contributed by atoms with Crippen molar-refractivity contribution in [3.05, 3.63) is 53.3 Å². The summed E-state index contributed by atoms with van der Waals surface area (Å²) in [6.45, 7) is 5.14. The van der Waals surface area contributed by atoms with Gasteiger partial charge in [-0.15, -0.1) is 0 Å². The highest BCUT2D eigenvalue weighted by Crippen LogP contribution is 2.46. The van der Waals surface area contributed by atoms with E-state index < -0.39 is 23.6 Å². The number of carbonyl (C=O) groups excluding carboxylic acids is 2. The summed E-state index contributed by atoms with van der Waals surface area (Å²) in [5.74, 6) is -0.163. The van der Waals surface area contributed by atoms with E-state index in [1.165, 1.54) is 12.0 Å². The molecule has 0 spiro atoms. The number of rotatable bonds is 5. The molecule has 3 heterocycles. The zero-order valence-corrected chi connectivity index (χ0v) is 18.5. The Balaban J connectivity index is 1.60. The molecule has 2 aliphatic heterocycles. The fourth-order valence-corrected chi connectivity index (χ4v) is 4.19. The van der Waals surface area contributed by atoms with Gasteiger partial charge in [-0.1, -0.05) is 30.3 Å². The third-order valence-electron chi connectivity index (χ3n) is 5.98. The van der Waals surface area contributed by atoms with Gasteiger partial charge >= 0.3 is 12.1 Å². The predicted octanol–water partition coefficient (Wildman–Crippen LogP) is 3.17. The summed E-state index contributed by atoms with van der Waals surface area (Å²) in [6.07, 6.45) is 2.75. The first kappa shape index (κ1) is 22.0. The Labute approximate surface area is 187 Å². The molecule has 9 nitrogen and oxygen atoms in total. The normalized spacial score (nSPS) is 19.8.